The van der Waals surface area contributed by atoms with Crippen LogP contribution in [0.4, 0.5) is 5.69 Å². The van der Waals surface area contributed by atoms with Crippen molar-refractivity contribution >= 4 is 17.0 Å². The Kier molecular flexibility index (Phi) is 3.02. The molecule has 1 aromatic heterocycles. The lowest BCUT2D eigenvalue weighted by atomic mass is 10.2. The van der Waals surface area contributed by atoms with Crippen molar-refractivity contribution in [1.29, 1.82) is 0 Å². The van der Waals surface area contributed by atoms with Crippen LogP contribution in [0.3, 0.4) is 0 Å². The van der Waals surface area contributed by atoms with Crippen LogP contribution in [0.2, 0.25) is 0 Å². The van der Waals surface area contributed by atoms with Gasteiger partial charge in [0, 0.05) is 23.7 Å². The zero-order chi connectivity index (χ0) is 10.7. The zero-order valence-electron chi connectivity index (χ0n) is 8.95. The standard InChI is InChI=1S/C12H14N2S/c1-3-10-8-15-12(14-10)9-4-6-11(13-2)7-5-9/h4-8,13H,3H2,1-2H3. The van der Waals surface area contributed by atoms with E-state index in [1.165, 1.54) is 11.3 Å². The monoisotopic (exact) mass is 218 g/mol. The van der Waals surface area contributed by atoms with E-state index in [1.807, 2.05) is 7.05 Å². The van der Waals surface area contributed by atoms with E-state index in [-0.39, 0.29) is 0 Å². The molecule has 0 saturated heterocycles. The Balaban J connectivity index is 2.28. The molecule has 1 heterocycles. The molecule has 0 amide bonds. The van der Waals surface area contributed by atoms with Gasteiger partial charge in [0.2, 0.25) is 0 Å². The molecule has 0 aliphatic rings. The fraction of sp³-hybridized carbons (Fsp3) is 0.250. The maximum atomic E-state index is 4.55. The number of thiazole rings is 1. The smallest absolute Gasteiger partial charge is 0.123 e. The highest BCUT2D eigenvalue weighted by Crippen LogP contribution is 2.24. The molecule has 2 nitrogen and oxygen atoms in total. The number of rotatable bonds is 3. The Labute approximate surface area is 94.0 Å². The second kappa shape index (κ2) is 4.45. The van der Waals surface area contributed by atoms with Gasteiger partial charge in [0.1, 0.15) is 5.01 Å². The van der Waals surface area contributed by atoms with E-state index in [0.717, 1.165) is 17.1 Å². The van der Waals surface area contributed by atoms with E-state index >= 15 is 0 Å². The molecule has 0 radical (unpaired) electrons. The summed E-state index contributed by atoms with van der Waals surface area (Å²) in [5.41, 5.74) is 3.50. The maximum absolute atomic E-state index is 4.55. The van der Waals surface area contributed by atoms with Crippen LogP contribution in [0.1, 0.15) is 12.6 Å². The highest BCUT2D eigenvalue weighted by atomic mass is 32.1. The average molecular weight is 218 g/mol. The fourth-order valence-corrected chi connectivity index (χ4v) is 2.29. The van der Waals surface area contributed by atoms with E-state index in [2.05, 4.69) is 46.9 Å². The molecule has 1 N–H and O–H groups in total. The number of nitrogens with zero attached hydrogens (tertiary/aromatic N) is 1. The maximum Gasteiger partial charge on any atom is 0.123 e. The van der Waals surface area contributed by atoms with Gasteiger partial charge >= 0.3 is 0 Å². The molecule has 0 saturated carbocycles. The van der Waals surface area contributed by atoms with Crippen molar-refractivity contribution in [3.8, 4) is 10.6 Å². The minimum Gasteiger partial charge on any atom is -0.388 e. The van der Waals surface area contributed by atoms with Crippen molar-refractivity contribution < 1.29 is 0 Å². The Hall–Kier alpha value is -1.35. The lowest BCUT2D eigenvalue weighted by Crippen LogP contribution is -1.87. The second-order valence-electron chi connectivity index (χ2n) is 3.32. The summed E-state index contributed by atoms with van der Waals surface area (Å²) >= 11 is 1.71. The molecular formula is C12H14N2S. The first-order valence-corrected chi connectivity index (χ1v) is 5.94. The van der Waals surface area contributed by atoms with Gasteiger partial charge in [0.25, 0.3) is 0 Å². The zero-order valence-corrected chi connectivity index (χ0v) is 9.77. The Morgan fingerprint density at radius 2 is 2.00 bits per heavy atom. The van der Waals surface area contributed by atoms with Crippen LogP contribution in [-0.4, -0.2) is 12.0 Å². The minimum atomic E-state index is 1.01. The van der Waals surface area contributed by atoms with E-state index in [9.17, 15) is 0 Å². The first kappa shape index (κ1) is 10.2. The van der Waals surface area contributed by atoms with E-state index in [1.54, 1.807) is 11.3 Å². The molecule has 15 heavy (non-hydrogen) atoms. The lowest BCUT2D eigenvalue weighted by molar-refractivity contribution is 1.07. The van der Waals surface area contributed by atoms with Gasteiger partial charge in [-0.15, -0.1) is 11.3 Å². The Morgan fingerprint density at radius 1 is 1.27 bits per heavy atom. The predicted molar refractivity (Wildman–Crippen MR) is 66.5 cm³/mol. The number of benzene rings is 1. The minimum absolute atomic E-state index is 1.01. The molecule has 3 heteroatoms. The topological polar surface area (TPSA) is 24.9 Å². The molecule has 0 fully saturated rings. The summed E-state index contributed by atoms with van der Waals surface area (Å²) in [4.78, 5) is 4.55. The van der Waals surface area contributed by atoms with Gasteiger partial charge in [-0.2, -0.15) is 0 Å². The van der Waals surface area contributed by atoms with Crippen LogP contribution in [0, 0.1) is 0 Å². The van der Waals surface area contributed by atoms with Crippen molar-refractivity contribution in [2.75, 3.05) is 12.4 Å². The molecule has 2 rings (SSSR count). The molecule has 78 valence electrons. The third-order valence-electron chi connectivity index (χ3n) is 2.33. The number of hydrogen-bond acceptors (Lipinski definition) is 3. The van der Waals surface area contributed by atoms with Gasteiger partial charge in [-0.3, -0.25) is 0 Å². The van der Waals surface area contributed by atoms with E-state index in [4.69, 9.17) is 0 Å². The number of anilines is 1. The molecule has 0 atom stereocenters. The van der Waals surface area contributed by atoms with Crippen molar-refractivity contribution in [3.63, 3.8) is 0 Å². The van der Waals surface area contributed by atoms with Crippen LogP contribution < -0.4 is 5.32 Å². The summed E-state index contributed by atoms with van der Waals surface area (Å²) < 4.78 is 0. The number of aromatic nitrogens is 1. The average Bonchev–Trinajstić information content (AvgIpc) is 2.78. The van der Waals surface area contributed by atoms with Crippen LogP contribution in [0.15, 0.2) is 29.6 Å². The molecule has 0 unspecified atom stereocenters. The highest BCUT2D eigenvalue weighted by molar-refractivity contribution is 7.13. The highest BCUT2D eigenvalue weighted by Gasteiger charge is 2.02. The SMILES string of the molecule is CCc1csc(-c2ccc(NC)cc2)n1. The van der Waals surface area contributed by atoms with Gasteiger partial charge in [-0.25, -0.2) is 4.98 Å². The largest absolute Gasteiger partial charge is 0.388 e. The molecule has 2 aromatic rings. The molecule has 0 spiro atoms. The summed E-state index contributed by atoms with van der Waals surface area (Å²) in [5, 5.41) is 6.34. The summed E-state index contributed by atoms with van der Waals surface area (Å²) in [6, 6.07) is 8.35. The molecule has 0 aliphatic heterocycles. The first-order chi connectivity index (χ1) is 7.33. The number of hydrogen-bond donors (Lipinski definition) is 1. The number of nitrogens with one attached hydrogen (secondary N) is 1. The molecule has 1 aromatic carbocycles. The molecular weight excluding hydrogens is 204 g/mol. The van der Waals surface area contributed by atoms with E-state index in [0.29, 0.717) is 0 Å². The van der Waals surface area contributed by atoms with Gasteiger partial charge in [-0.05, 0) is 30.7 Å². The summed E-state index contributed by atoms with van der Waals surface area (Å²) in [7, 11) is 1.92. The van der Waals surface area contributed by atoms with Crippen LogP contribution in [-0.2, 0) is 6.42 Å². The third kappa shape index (κ3) is 2.18. The van der Waals surface area contributed by atoms with Crippen LogP contribution in [0.25, 0.3) is 10.6 Å². The van der Waals surface area contributed by atoms with Gasteiger partial charge < -0.3 is 5.32 Å². The Morgan fingerprint density at radius 3 is 2.53 bits per heavy atom. The second-order valence-corrected chi connectivity index (χ2v) is 4.18. The lowest BCUT2D eigenvalue weighted by Gasteiger charge is -2.00. The molecule has 0 aliphatic carbocycles. The summed E-state index contributed by atoms with van der Waals surface area (Å²) in [5.74, 6) is 0. The summed E-state index contributed by atoms with van der Waals surface area (Å²) in [6.45, 7) is 2.13. The normalized spacial score (nSPS) is 10.3. The van der Waals surface area contributed by atoms with Crippen LogP contribution in [0.5, 0.6) is 0 Å². The third-order valence-corrected chi connectivity index (χ3v) is 3.27. The number of aryl methyl sites for hydroxylation is 1. The van der Waals surface area contributed by atoms with Crippen molar-refractivity contribution in [3.05, 3.63) is 35.3 Å². The van der Waals surface area contributed by atoms with Crippen molar-refractivity contribution in [2.45, 2.75) is 13.3 Å². The van der Waals surface area contributed by atoms with Gasteiger partial charge in [0.05, 0.1) is 5.69 Å². The van der Waals surface area contributed by atoms with Gasteiger partial charge in [0.15, 0.2) is 0 Å². The van der Waals surface area contributed by atoms with Gasteiger partial charge in [-0.1, -0.05) is 6.92 Å². The van der Waals surface area contributed by atoms with E-state index < -0.39 is 0 Å². The predicted octanol–water partition coefficient (Wildman–Crippen LogP) is 3.41. The Bertz CT molecular complexity index is 431. The van der Waals surface area contributed by atoms with Crippen molar-refractivity contribution in [2.24, 2.45) is 0 Å². The van der Waals surface area contributed by atoms with Crippen LogP contribution >= 0.6 is 11.3 Å². The first-order valence-electron chi connectivity index (χ1n) is 5.06. The quantitative estimate of drug-likeness (QED) is 0.854. The van der Waals surface area contributed by atoms with Crippen molar-refractivity contribution in [1.82, 2.24) is 4.98 Å². The summed E-state index contributed by atoms with van der Waals surface area (Å²) in [6.07, 6.45) is 1.01. The fourth-order valence-electron chi connectivity index (χ4n) is 1.38. The molecule has 0 bridgehead atoms.